The number of ether oxygens (including phenoxy) is 2. The second kappa shape index (κ2) is 8.53. The lowest BCUT2D eigenvalue weighted by molar-refractivity contribution is 0.0358. The minimum absolute atomic E-state index is 0.310. The van der Waals surface area contributed by atoms with E-state index in [-0.39, 0.29) is 6.61 Å². The molecule has 1 amide bonds. The fourth-order valence-electron chi connectivity index (χ4n) is 2.14. The summed E-state index contributed by atoms with van der Waals surface area (Å²) < 4.78 is 10.7. The lowest BCUT2D eigenvalue weighted by Gasteiger charge is -2.28. The molecule has 1 aromatic carbocycles. The number of alkyl carbamates (subject to hydrolysis) is 1. The lowest BCUT2D eigenvalue weighted by atomic mass is 9.96. The molecule has 5 nitrogen and oxygen atoms in total. The molecular weight excluding hydrogens is 294 g/mol. The monoisotopic (exact) mass is 319 g/mol. The number of rotatable bonds is 6. The van der Waals surface area contributed by atoms with Crippen molar-refractivity contribution in [3.8, 4) is 0 Å². The lowest BCUT2D eigenvalue weighted by Crippen LogP contribution is -2.48. The summed E-state index contributed by atoms with van der Waals surface area (Å²) in [5, 5.41) is 12.3. The Bertz CT molecular complexity index is 556. The smallest absolute Gasteiger partial charge is 0.408 e. The Balaban J connectivity index is 2.96. The van der Waals surface area contributed by atoms with Gasteiger partial charge in [0.05, 0.1) is 12.6 Å². The molecule has 0 saturated heterocycles. The van der Waals surface area contributed by atoms with Gasteiger partial charge in [-0.25, -0.2) is 4.79 Å². The quantitative estimate of drug-likeness (QED) is 0.791. The van der Waals surface area contributed by atoms with Crippen LogP contribution < -0.4 is 5.32 Å². The molecule has 0 heterocycles. The predicted octanol–water partition coefficient (Wildman–Crippen LogP) is 2.76. The van der Waals surface area contributed by atoms with E-state index in [0.717, 1.165) is 5.56 Å². The topological polar surface area (TPSA) is 67.8 Å². The molecule has 23 heavy (non-hydrogen) atoms. The Kier molecular flexibility index (Phi) is 7.04. The number of nitrogens with one attached hydrogen (secondary N) is 1. The summed E-state index contributed by atoms with van der Waals surface area (Å²) in [5.74, 6) is 0. The van der Waals surface area contributed by atoms with Crippen LogP contribution in [0.15, 0.2) is 42.6 Å². The van der Waals surface area contributed by atoms with Gasteiger partial charge in [0.1, 0.15) is 11.7 Å². The molecule has 0 saturated carbocycles. The first kappa shape index (κ1) is 19.0. The maximum atomic E-state index is 12.0. The number of carbonyl (C=O) groups is 1. The fraction of sp³-hybridized carbons (Fsp3) is 0.444. The van der Waals surface area contributed by atoms with Gasteiger partial charge in [0.2, 0.25) is 0 Å². The molecule has 0 aliphatic rings. The molecule has 0 radical (unpaired) electrons. The summed E-state index contributed by atoms with van der Waals surface area (Å²) in [6, 6.07) is 8.76. The van der Waals surface area contributed by atoms with Crippen LogP contribution in [0.1, 0.15) is 26.3 Å². The molecule has 126 valence electrons. The van der Waals surface area contributed by atoms with E-state index in [9.17, 15) is 9.90 Å². The van der Waals surface area contributed by atoms with Gasteiger partial charge in [0, 0.05) is 12.7 Å². The molecule has 0 bridgehead atoms. The zero-order valence-corrected chi connectivity index (χ0v) is 14.1. The molecular formula is C18H25NO4. The largest absolute Gasteiger partial charge is 0.444 e. The van der Waals surface area contributed by atoms with Crippen molar-refractivity contribution in [1.82, 2.24) is 5.32 Å². The molecule has 0 fully saturated rings. The average Bonchev–Trinajstić information content (AvgIpc) is 2.49. The maximum absolute atomic E-state index is 12.0. The van der Waals surface area contributed by atoms with Gasteiger partial charge in [-0.3, -0.25) is 0 Å². The van der Waals surface area contributed by atoms with Gasteiger partial charge >= 0.3 is 6.09 Å². The maximum Gasteiger partial charge on any atom is 0.408 e. The zero-order valence-electron chi connectivity index (χ0n) is 14.1. The van der Waals surface area contributed by atoms with Crippen LogP contribution in [0.25, 0.3) is 5.57 Å². The van der Waals surface area contributed by atoms with Crippen LogP contribution in [-0.2, 0) is 9.47 Å². The van der Waals surface area contributed by atoms with Crippen LogP contribution in [0.2, 0.25) is 0 Å². The summed E-state index contributed by atoms with van der Waals surface area (Å²) in [5.41, 5.74) is 3.74. The minimum atomic E-state index is -0.681. The van der Waals surface area contributed by atoms with Crippen LogP contribution in [0.4, 0.5) is 4.79 Å². The molecule has 1 rings (SSSR count). The normalized spacial score (nSPS) is 13.6. The fourth-order valence-corrected chi connectivity index (χ4v) is 2.14. The molecule has 0 spiro atoms. The molecule has 0 aliphatic heterocycles. The molecule has 2 atom stereocenters. The summed E-state index contributed by atoms with van der Waals surface area (Å²) in [6.07, 6.45) is -1.22. The Morgan fingerprint density at radius 2 is 1.96 bits per heavy atom. The van der Waals surface area contributed by atoms with Crippen molar-refractivity contribution in [1.29, 1.82) is 0 Å². The summed E-state index contributed by atoms with van der Waals surface area (Å²) in [6.45, 7) is 8.70. The van der Waals surface area contributed by atoms with Crippen LogP contribution in [-0.4, -0.2) is 42.7 Å². The van der Waals surface area contributed by atoms with Crippen LogP contribution >= 0.6 is 0 Å². The molecule has 0 aromatic heterocycles. The third kappa shape index (κ3) is 5.91. The van der Waals surface area contributed by atoms with Crippen molar-refractivity contribution < 1.29 is 19.4 Å². The molecule has 5 heteroatoms. The number of aliphatic hydroxyl groups is 1. The van der Waals surface area contributed by atoms with Gasteiger partial charge in [-0.1, -0.05) is 36.9 Å². The first-order valence-electron chi connectivity index (χ1n) is 7.41. The standard InChI is InChI=1S/C18H25NO4/c1-6-14(13-10-8-7-9-11-13)16(22-5)15(12-20)19-17(21)23-18(2,3)4/h7-11,15-16,20H,1,12H2,2-5H3,(H,19,21)/t15-,16+/m0/s1. The number of hydrogen-bond donors (Lipinski definition) is 2. The van der Waals surface area contributed by atoms with Crippen LogP contribution in [0, 0.1) is 0 Å². The van der Waals surface area contributed by atoms with Crippen LogP contribution in [0.3, 0.4) is 0 Å². The van der Waals surface area contributed by atoms with Crippen molar-refractivity contribution in [3.63, 3.8) is 0 Å². The number of aliphatic hydroxyl groups excluding tert-OH is 1. The van der Waals surface area contributed by atoms with E-state index in [1.165, 1.54) is 7.11 Å². The van der Waals surface area contributed by atoms with E-state index in [2.05, 4.69) is 17.6 Å². The van der Waals surface area contributed by atoms with E-state index >= 15 is 0 Å². The minimum Gasteiger partial charge on any atom is -0.444 e. The van der Waals surface area contributed by atoms with Crippen molar-refractivity contribution in [2.45, 2.75) is 38.5 Å². The Hall–Kier alpha value is -2.07. The Labute approximate surface area is 137 Å². The van der Waals surface area contributed by atoms with Gasteiger partial charge in [0.25, 0.3) is 0 Å². The summed E-state index contributed by atoms with van der Waals surface area (Å²) in [7, 11) is 1.50. The number of carbonyl (C=O) groups excluding carboxylic acids is 1. The van der Waals surface area contributed by atoms with E-state index in [0.29, 0.717) is 5.57 Å². The number of hydrogen-bond acceptors (Lipinski definition) is 4. The van der Waals surface area contributed by atoms with E-state index in [1.54, 1.807) is 20.8 Å². The highest BCUT2D eigenvalue weighted by Gasteiger charge is 2.28. The van der Waals surface area contributed by atoms with Crippen molar-refractivity contribution >= 4 is 11.7 Å². The van der Waals surface area contributed by atoms with Crippen molar-refractivity contribution in [3.05, 3.63) is 48.2 Å². The highest BCUT2D eigenvalue weighted by molar-refractivity contribution is 5.72. The van der Waals surface area contributed by atoms with Crippen molar-refractivity contribution in [2.75, 3.05) is 13.7 Å². The SMILES string of the molecule is C=C=C(c1ccccc1)[C@@H](OC)[C@H](CO)NC(=O)OC(C)(C)C. The van der Waals surface area contributed by atoms with E-state index < -0.39 is 23.8 Å². The van der Waals surface area contributed by atoms with Crippen LogP contribution in [0.5, 0.6) is 0 Å². The number of benzene rings is 1. The highest BCUT2D eigenvalue weighted by Crippen LogP contribution is 2.22. The molecule has 0 unspecified atom stereocenters. The van der Waals surface area contributed by atoms with E-state index in [1.807, 2.05) is 30.3 Å². The summed E-state index contributed by atoms with van der Waals surface area (Å²) in [4.78, 5) is 12.0. The Morgan fingerprint density at radius 1 is 1.35 bits per heavy atom. The third-order valence-corrected chi connectivity index (χ3v) is 3.08. The Morgan fingerprint density at radius 3 is 2.39 bits per heavy atom. The average molecular weight is 319 g/mol. The zero-order chi connectivity index (χ0) is 17.5. The molecule has 0 aliphatic carbocycles. The number of methoxy groups -OCH3 is 1. The number of amides is 1. The predicted molar refractivity (Wildman–Crippen MR) is 90.0 cm³/mol. The van der Waals surface area contributed by atoms with Gasteiger partial charge in [0.15, 0.2) is 0 Å². The third-order valence-electron chi connectivity index (χ3n) is 3.08. The van der Waals surface area contributed by atoms with Gasteiger partial charge in [-0.2, -0.15) is 0 Å². The second-order valence-electron chi connectivity index (χ2n) is 6.05. The van der Waals surface area contributed by atoms with Gasteiger partial charge in [-0.05, 0) is 26.3 Å². The van der Waals surface area contributed by atoms with Gasteiger partial charge < -0.3 is 19.9 Å². The first-order valence-corrected chi connectivity index (χ1v) is 7.41. The first-order chi connectivity index (χ1) is 10.8. The molecule has 1 aromatic rings. The highest BCUT2D eigenvalue weighted by atomic mass is 16.6. The second-order valence-corrected chi connectivity index (χ2v) is 6.05. The molecule has 2 N–H and O–H groups in total. The van der Waals surface area contributed by atoms with E-state index in [4.69, 9.17) is 9.47 Å². The summed E-state index contributed by atoms with van der Waals surface area (Å²) >= 11 is 0. The van der Waals surface area contributed by atoms with Crippen molar-refractivity contribution in [2.24, 2.45) is 0 Å². The van der Waals surface area contributed by atoms with Gasteiger partial charge in [-0.15, -0.1) is 5.73 Å².